The molecule has 1 aliphatic carbocycles. The van der Waals surface area contributed by atoms with Crippen LogP contribution < -0.4 is 5.73 Å². The maximum atomic E-state index is 11.9. The molecule has 0 spiro atoms. The van der Waals surface area contributed by atoms with Crippen molar-refractivity contribution in [3.05, 3.63) is 11.6 Å². The molecule has 0 fully saturated rings. The molecule has 17 heavy (non-hydrogen) atoms. The molecule has 8 heteroatoms. The molecule has 0 heterocycles. The summed E-state index contributed by atoms with van der Waals surface area (Å²) in [5.74, 6) is -3.04. The highest BCUT2D eigenvalue weighted by Crippen LogP contribution is 2.24. The molecule has 1 aliphatic rings. The largest absolute Gasteiger partial charge is 0.490 e. The molecule has 0 aromatic heterocycles. The van der Waals surface area contributed by atoms with Gasteiger partial charge in [-0.15, -0.1) is 0 Å². The van der Waals surface area contributed by atoms with Gasteiger partial charge in [-0.25, -0.2) is 9.59 Å². The van der Waals surface area contributed by atoms with Crippen molar-refractivity contribution in [3.63, 3.8) is 0 Å². The number of carbonyl (C=O) groups excluding carboxylic acids is 2. The van der Waals surface area contributed by atoms with Crippen molar-refractivity contribution in [1.29, 1.82) is 0 Å². The molecule has 0 amide bonds. The Hall–Kier alpha value is -1.57. The Morgan fingerprint density at radius 1 is 1.47 bits per heavy atom. The maximum absolute atomic E-state index is 11.9. The highest BCUT2D eigenvalue weighted by Gasteiger charge is 2.44. The number of hydrogen-bond donors (Lipinski definition) is 1. The summed E-state index contributed by atoms with van der Waals surface area (Å²) in [5, 5.41) is 0. The van der Waals surface area contributed by atoms with Crippen LogP contribution in [0.5, 0.6) is 0 Å². The topological polar surface area (TPSA) is 78.6 Å². The lowest BCUT2D eigenvalue weighted by Crippen LogP contribution is -2.37. The highest BCUT2D eigenvalue weighted by molar-refractivity contribution is 5.89. The number of nitrogens with two attached hydrogens (primary N) is 1. The maximum Gasteiger partial charge on any atom is 0.490 e. The van der Waals surface area contributed by atoms with Crippen LogP contribution in [0.1, 0.15) is 6.42 Å². The monoisotopic (exact) mass is 253 g/mol. The minimum absolute atomic E-state index is 0.00246. The van der Waals surface area contributed by atoms with E-state index in [2.05, 4.69) is 9.47 Å². The fourth-order valence-electron chi connectivity index (χ4n) is 1.35. The van der Waals surface area contributed by atoms with Crippen LogP contribution in [0.2, 0.25) is 0 Å². The van der Waals surface area contributed by atoms with E-state index in [-0.39, 0.29) is 12.0 Å². The normalized spacial score (nSPS) is 24.2. The Morgan fingerprint density at radius 3 is 2.53 bits per heavy atom. The number of carbonyl (C=O) groups is 2. The molecule has 0 aromatic carbocycles. The average Bonchev–Trinajstić information content (AvgIpc) is 2.58. The van der Waals surface area contributed by atoms with E-state index in [9.17, 15) is 22.8 Å². The first-order valence-electron chi connectivity index (χ1n) is 4.58. The lowest BCUT2D eigenvalue weighted by molar-refractivity contribution is -0.203. The molecule has 0 radical (unpaired) electrons. The molecule has 96 valence electrons. The molecular formula is C9H10F3NO4. The van der Waals surface area contributed by atoms with Gasteiger partial charge in [-0.05, 0) is 12.5 Å². The van der Waals surface area contributed by atoms with Crippen LogP contribution in [0.25, 0.3) is 0 Å². The molecule has 0 aromatic rings. The van der Waals surface area contributed by atoms with Crippen molar-refractivity contribution in [3.8, 4) is 0 Å². The molecule has 2 atom stereocenters. The molecule has 5 nitrogen and oxygen atoms in total. The van der Waals surface area contributed by atoms with Crippen molar-refractivity contribution >= 4 is 11.9 Å². The van der Waals surface area contributed by atoms with Crippen LogP contribution in [0.15, 0.2) is 11.6 Å². The van der Waals surface area contributed by atoms with E-state index in [1.165, 1.54) is 0 Å². The summed E-state index contributed by atoms with van der Waals surface area (Å²) in [6, 6.07) is -0.879. The fourth-order valence-corrected chi connectivity index (χ4v) is 1.35. The summed E-state index contributed by atoms with van der Waals surface area (Å²) in [6.07, 6.45) is -5.28. The Bertz CT molecular complexity index is 364. The van der Waals surface area contributed by atoms with Gasteiger partial charge in [0, 0.05) is 11.6 Å². The standard InChI is InChI=1S/C9H10F3NO4/c1-16-7(14)4-2-5(13)6(3-4)17-8(15)9(10,11)12/h3,5-6H,2,13H2,1H3/t5-,6-/m0/s1. The van der Waals surface area contributed by atoms with Crippen molar-refractivity contribution in [2.45, 2.75) is 24.7 Å². The van der Waals surface area contributed by atoms with Gasteiger partial charge >= 0.3 is 18.1 Å². The van der Waals surface area contributed by atoms with Gasteiger partial charge in [0.05, 0.1) is 7.11 Å². The van der Waals surface area contributed by atoms with E-state index in [0.29, 0.717) is 0 Å². The Morgan fingerprint density at radius 2 is 2.06 bits per heavy atom. The van der Waals surface area contributed by atoms with E-state index in [4.69, 9.17) is 5.73 Å². The van der Waals surface area contributed by atoms with Gasteiger partial charge in [-0.2, -0.15) is 13.2 Å². The molecule has 0 bridgehead atoms. The van der Waals surface area contributed by atoms with Crippen molar-refractivity contribution in [2.75, 3.05) is 7.11 Å². The summed E-state index contributed by atoms with van der Waals surface area (Å²) >= 11 is 0. The Balaban J connectivity index is 2.70. The second kappa shape index (κ2) is 4.74. The smallest absolute Gasteiger partial charge is 0.466 e. The zero-order chi connectivity index (χ0) is 13.2. The lowest BCUT2D eigenvalue weighted by Gasteiger charge is -2.16. The molecule has 1 rings (SSSR count). The van der Waals surface area contributed by atoms with Gasteiger partial charge < -0.3 is 15.2 Å². The van der Waals surface area contributed by atoms with Crippen LogP contribution in [0.3, 0.4) is 0 Å². The summed E-state index contributed by atoms with van der Waals surface area (Å²) in [7, 11) is 1.13. The predicted molar refractivity (Wildman–Crippen MR) is 48.6 cm³/mol. The van der Waals surface area contributed by atoms with E-state index >= 15 is 0 Å². The van der Waals surface area contributed by atoms with Gasteiger partial charge in [-0.3, -0.25) is 0 Å². The Kier molecular flexibility index (Phi) is 3.76. The van der Waals surface area contributed by atoms with Gasteiger partial charge in [0.15, 0.2) is 0 Å². The number of esters is 2. The molecule has 0 unspecified atom stereocenters. The van der Waals surface area contributed by atoms with Crippen molar-refractivity contribution in [1.82, 2.24) is 0 Å². The number of methoxy groups -OCH3 is 1. The van der Waals surface area contributed by atoms with Gasteiger partial charge in [-0.1, -0.05) is 0 Å². The third-order valence-electron chi connectivity index (χ3n) is 2.17. The van der Waals surface area contributed by atoms with Gasteiger partial charge in [0.25, 0.3) is 0 Å². The second-order valence-corrected chi connectivity index (χ2v) is 3.42. The Labute approximate surface area is 94.3 Å². The summed E-state index contributed by atoms with van der Waals surface area (Å²) in [4.78, 5) is 21.6. The highest BCUT2D eigenvalue weighted by atomic mass is 19.4. The zero-order valence-electron chi connectivity index (χ0n) is 8.78. The molecule has 0 saturated heterocycles. The van der Waals surface area contributed by atoms with Gasteiger partial charge in [0.1, 0.15) is 6.10 Å². The summed E-state index contributed by atoms with van der Waals surface area (Å²) in [6.45, 7) is 0. The van der Waals surface area contributed by atoms with Crippen molar-refractivity contribution < 1.29 is 32.2 Å². The number of halogens is 3. The lowest BCUT2D eigenvalue weighted by atomic mass is 10.2. The van der Waals surface area contributed by atoms with Crippen LogP contribution in [-0.2, 0) is 19.1 Å². The average molecular weight is 253 g/mol. The molecule has 2 N–H and O–H groups in total. The minimum atomic E-state index is -5.08. The van der Waals surface area contributed by atoms with Crippen LogP contribution in [0, 0.1) is 0 Å². The molecular weight excluding hydrogens is 243 g/mol. The SMILES string of the molecule is COC(=O)C1=C[C@H](OC(=O)C(F)(F)F)[C@@H](N)C1. The first kappa shape index (κ1) is 13.5. The number of rotatable bonds is 2. The first-order chi connectivity index (χ1) is 7.75. The molecule has 0 aliphatic heterocycles. The summed E-state index contributed by atoms with van der Waals surface area (Å²) < 4.78 is 44.3. The molecule has 0 saturated carbocycles. The minimum Gasteiger partial charge on any atom is -0.466 e. The summed E-state index contributed by atoms with van der Waals surface area (Å²) in [5.41, 5.74) is 5.55. The number of alkyl halides is 3. The zero-order valence-corrected chi connectivity index (χ0v) is 8.78. The van der Waals surface area contributed by atoms with E-state index in [1.54, 1.807) is 0 Å². The number of hydrogen-bond acceptors (Lipinski definition) is 5. The third kappa shape index (κ3) is 3.19. The van der Waals surface area contributed by atoms with Crippen LogP contribution >= 0.6 is 0 Å². The van der Waals surface area contributed by atoms with Gasteiger partial charge in [0.2, 0.25) is 0 Å². The van der Waals surface area contributed by atoms with E-state index in [0.717, 1.165) is 13.2 Å². The van der Waals surface area contributed by atoms with Crippen LogP contribution in [0.4, 0.5) is 13.2 Å². The fraction of sp³-hybridized carbons (Fsp3) is 0.556. The van der Waals surface area contributed by atoms with E-state index in [1.807, 2.05) is 0 Å². The quantitative estimate of drug-likeness (QED) is 0.715. The van der Waals surface area contributed by atoms with E-state index < -0.39 is 30.3 Å². The van der Waals surface area contributed by atoms with Crippen molar-refractivity contribution in [2.24, 2.45) is 5.73 Å². The predicted octanol–water partition coefficient (Wildman–Crippen LogP) is 0.291. The first-order valence-corrected chi connectivity index (χ1v) is 4.58. The van der Waals surface area contributed by atoms with Crippen LogP contribution in [-0.4, -0.2) is 37.4 Å². The third-order valence-corrected chi connectivity index (χ3v) is 2.17. The second-order valence-electron chi connectivity index (χ2n) is 3.42. The number of ether oxygens (including phenoxy) is 2.